The minimum atomic E-state index is -1.02. The first-order valence-corrected chi connectivity index (χ1v) is 11.8. The number of likely N-dealkylation sites (tertiary alicyclic amines) is 1. The quantitative estimate of drug-likeness (QED) is 0.423. The third-order valence-electron chi connectivity index (χ3n) is 5.82. The number of carbonyl (C=O) groups is 3. The summed E-state index contributed by atoms with van der Waals surface area (Å²) in [4.78, 5) is 49.2. The molecule has 1 N–H and O–H groups in total. The first kappa shape index (κ1) is 24.2. The SMILES string of the molecule is CN(C)C(=O)C(=O)c1scc2nc(Cl)c(C(=O)N3CCC(O)(Cc4ccc(F)cc4)CC3)nc12. The Balaban J connectivity index is 1.52. The number of halogens is 2. The van der Waals surface area contributed by atoms with E-state index in [2.05, 4.69) is 9.97 Å². The van der Waals surface area contributed by atoms with Gasteiger partial charge in [0, 0.05) is 39.0 Å². The van der Waals surface area contributed by atoms with Crippen LogP contribution < -0.4 is 0 Å². The van der Waals surface area contributed by atoms with E-state index < -0.39 is 23.2 Å². The number of rotatable bonds is 5. The smallest absolute Gasteiger partial charge is 0.295 e. The van der Waals surface area contributed by atoms with E-state index in [1.165, 1.54) is 36.0 Å². The van der Waals surface area contributed by atoms with Crippen LogP contribution in [-0.2, 0) is 11.2 Å². The van der Waals surface area contributed by atoms with Crippen molar-refractivity contribution < 1.29 is 23.9 Å². The average Bonchev–Trinajstić information content (AvgIpc) is 3.21. The van der Waals surface area contributed by atoms with Crippen LogP contribution in [0, 0.1) is 5.82 Å². The number of likely N-dealkylation sites (N-methyl/N-ethyl adjacent to an activating group) is 1. The number of aromatic nitrogens is 2. The molecule has 1 saturated heterocycles. The van der Waals surface area contributed by atoms with Crippen LogP contribution in [0.3, 0.4) is 0 Å². The van der Waals surface area contributed by atoms with Gasteiger partial charge < -0.3 is 14.9 Å². The van der Waals surface area contributed by atoms with Gasteiger partial charge in [-0.15, -0.1) is 11.3 Å². The van der Waals surface area contributed by atoms with Crippen LogP contribution in [0.15, 0.2) is 29.6 Å². The molecule has 34 heavy (non-hydrogen) atoms. The molecule has 0 bridgehead atoms. The van der Waals surface area contributed by atoms with E-state index in [1.54, 1.807) is 17.5 Å². The second-order valence-electron chi connectivity index (χ2n) is 8.51. The van der Waals surface area contributed by atoms with E-state index >= 15 is 0 Å². The van der Waals surface area contributed by atoms with E-state index in [0.717, 1.165) is 16.9 Å². The largest absolute Gasteiger partial charge is 0.389 e. The lowest BCUT2D eigenvalue weighted by Crippen LogP contribution is -2.48. The highest BCUT2D eigenvalue weighted by Crippen LogP contribution is 2.30. The molecule has 4 rings (SSSR count). The molecule has 0 saturated carbocycles. The van der Waals surface area contributed by atoms with Gasteiger partial charge in [-0.3, -0.25) is 14.4 Å². The van der Waals surface area contributed by atoms with E-state index in [9.17, 15) is 23.9 Å². The van der Waals surface area contributed by atoms with Gasteiger partial charge in [-0.05, 0) is 30.5 Å². The van der Waals surface area contributed by atoms with Crippen molar-refractivity contribution in [2.24, 2.45) is 0 Å². The van der Waals surface area contributed by atoms with Gasteiger partial charge >= 0.3 is 0 Å². The molecule has 1 fully saturated rings. The molecule has 3 heterocycles. The van der Waals surface area contributed by atoms with Crippen molar-refractivity contribution in [2.45, 2.75) is 24.9 Å². The molecular weight excluding hydrogens is 483 g/mol. The Labute approximate surface area is 204 Å². The monoisotopic (exact) mass is 504 g/mol. The molecule has 8 nitrogen and oxygen atoms in total. The first-order valence-electron chi connectivity index (χ1n) is 10.5. The minimum absolute atomic E-state index is 0.0965. The summed E-state index contributed by atoms with van der Waals surface area (Å²) in [7, 11) is 2.95. The molecule has 0 atom stereocenters. The zero-order chi connectivity index (χ0) is 24.6. The minimum Gasteiger partial charge on any atom is -0.389 e. The van der Waals surface area contributed by atoms with E-state index in [0.29, 0.717) is 24.8 Å². The molecule has 1 aliphatic rings. The van der Waals surface area contributed by atoms with Crippen molar-refractivity contribution >= 4 is 51.6 Å². The molecule has 2 aromatic heterocycles. The Morgan fingerprint density at radius 3 is 2.44 bits per heavy atom. The predicted octanol–water partition coefficient (Wildman–Crippen LogP) is 2.96. The molecule has 2 amide bonds. The molecule has 11 heteroatoms. The maximum Gasteiger partial charge on any atom is 0.295 e. The summed E-state index contributed by atoms with van der Waals surface area (Å²) in [6.07, 6.45) is 0.994. The fraction of sp³-hybridized carbons (Fsp3) is 0.348. The number of aliphatic hydroxyl groups is 1. The standard InChI is InChI=1S/C23H22ClFN4O4S/c1-28(2)22(32)18(30)19-16-15(12-34-19)26-20(24)17(27-16)21(31)29-9-7-23(33,8-10-29)11-13-3-5-14(25)6-4-13/h3-6,12,33H,7-11H2,1-2H3. The fourth-order valence-electron chi connectivity index (χ4n) is 3.88. The number of hydrogen-bond acceptors (Lipinski definition) is 7. The van der Waals surface area contributed by atoms with Crippen molar-refractivity contribution in [1.29, 1.82) is 0 Å². The topological polar surface area (TPSA) is 104 Å². The molecule has 0 spiro atoms. The number of ketones is 1. The number of fused-ring (bicyclic) bond motifs is 1. The Kier molecular flexibility index (Phi) is 6.66. The van der Waals surface area contributed by atoms with Crippen LogP contribution in [0.5, 0.6) is 0 Å². The Morgan fingerprint density at radius 1 is 1.18 bits per heavy atom. The summed E-state index contributed by atoms with van der Waals surface area (Å²) in [5.74, 6) is -2.24. The summed E-state index contributed by atoms with van der Waals surface area (Å²) in [6, 6.07) is 5.97. The van der Waals surface area contributed by atoms with Crippen LogP contribution >= 0.6 is 22.9 Å². The van der Waals surface area contributed by atoms with Crippen LogP contribution in [-0.4, -0.2) is 75.3 Å². The molecule has 3 aromatic rings. The second kappa shape index (κ2) is 9.36. The summed E-state index contributed by atoms with van der Waals surface area (Å²) >= 11 is 7.26. The number of nitrogens with zero attached hydrogens (tertiary/aromatic N) is 4. The van der Waals surface area contributed by atoms with Gasteiger partial charge in [-0.1, -0.05) is 23.7 Å². The number of thiophene rings is 1. The molecular formula is C23H22ClFN4O4S. The summed E-state index contributed by atoms with van der Waals surface area (Å²) in [5, 5.41) is 12.4. The van der Waals surface area contributed by atoms with Crippen molar-refractivity contribution in [2.75, 3.05) is 27.2 Å². The van der Waals surface area contributed by atoms with Crippen molar-refractivity contribution in [3.8, 4) is 0 Å². The van der Waals surface area contributed by atoms with Gasteiger partial charge in [0.25, 0.3) is 17.6 Å². The Hall–Kier alpha value is -2.95. The number of benzene rings is 1. The van der Waals surface area contributed by atoms with Gasteiger partial charge in [-0.2, -0.15) is 0 Å². The lowest BCUT2D eigenvalue weighted by atomic mass is 9.85. The number of hydrogen-bond donors (Lipinski definition) is 1. The number of piperidine rings is 1. The highest BCUT2D eigenvalue weighted by atomic mass is 35.5. The third kappa shape index (κ3) is 4.79. The van der Waals surface area contributed by atoms with Gasteiger partial charge in [0.05, 0.1) is 5.60 Å². The zero-order valence-electron chi connectivity index (χ0n) is 18.5. The number of Topliss-reactive ketones (excluding diaryl/α,β-unsaturated/α-hetero) is 1. The third-order valence-corrected chi connectivity index (χ3v) is 7.04. The van der Waals surface area contributed by atoms with Crippen LogP contribution in [0.2, 0.25) is 5.15 Å². The molecule has 0 radical (unpaired) electrons. The molecule has 1 aromatic carbocycles. The van der Waals surface area contributed by atoms with Crippen LogP contribution in [0.1, 0.15) is 38.6 Å². The van der Waals surface area contributed by atoms with Crippen molar-refractivity contribution in [1.82, 2.24) is 19.8 Å². The van der Waals surface area contributed by atoms with Crippen molar-refractivity contribution in [3.05, 3.63) is 56.8 Å². The van der Waals surface area contributed by atoms with Gasteiger partial charge in [0.2, 0.25) is 0 Å². The fourth-order valence-corrected chi connectivity index (χ4v) is 4.94. The normalized spacial score (nSPS) is 15.4. The predicted molar refractivity (Wildman–Crippen MR) is 126 cm³/mol. The summed E-state index contributed by atoms with van der Waals surface area (Å²) < 4.78 is 13.1. The lowest BCUT2D eigenvalue weighted by Gasteiger charge is -2.38. The molecule has 0 aliphatic carbocycles. The Morgan fingerprint density at radius 2 is 1.82 bits per heavy atom. The Bertz CT molecular complexity index is 1270. The highest BCUT2D eigenvalue weighted by molar-refractivity contribution is 7.14. The number of amides is 2. The molecule has 178 valence electrons. The second-order valence-corrected chi connectivity index (χ2v) is 9.75. The van der Waals surface area contributed by atoms with Crippen LogP contribution in [0.4, 0.5) is 4.39 Å². The summed E-state index contributed by atoms with van der Waals surface area (Å²) in [5.41, 5.74) is 0.164. The maximum atomic E-state index is 13.2. The van der Waals surface area contributed by atoms with E-state index in [1.807, 2.05) is 0 Å². The van der Waals surface area contributed by atoms with E-state index in [4.69, 9.17) is 11.6 Å². The maximum absolute atomic E-state index is 13.2. The lowest BCUT2D eigenvalue weighted by molar-refractivity contribution is -0.124. The van der Waals surface area contributed by atoms with Crippen LogP contribution in [0.25, 0.3) is 11.0 Å². The van der Waals surface area contributed by atoms with E-state index in [-0.39, 0.29) is 40.1 Å². The first-order chi connectivity index (χ1) is 16.1. The highest BCUT2D eigenvalue weighted by Gasteiger charge is 2.35. The summed E-state index contributed by atoms with van der Waals surface area (Å²) in [6.45, 7) is 0.530. The number of carbonyl (C=O) groups excluding carboxylic acids is 3. The van der Waals surface area contributed by atoms with Crippen molar-refractivity contribution in [3.63, 3.8) is 0 Å². The van der Waals surface area contributed by atoms with Gasteiger partial charge in [0.1, 0.15) is 21.7 Å². The average molecular weight is 505 g/mol. The zero-order valence-corrected chi connectivity index (χ0v) is 20.1. The molecule has 1 aliphatic heterocycles. The molecule has 0 unspecified atom stereocenters. The van der Waals surface area contributed by atoms with Gasteiger partial charge in [-0.25, -0.2) is 14.4 Å². The van der Waals surface area contributed by atoms with Gasteiger partial charge in [0.15, 0.2) is 10.8 Å².